The number of carboxylic acids is 1. The zero-order valence-corrected chi connectivity index (χ0v) is 12.4. The van der Waals surface area contributed by atoms with Crippen molar-refractivity contribution in [3.63, 3.8) is 0 Å². The summed E-state index contributed by atoms with van der Waals surface area (Å²) in [6.45, 7) is 2.62. The number of nitrogens with one attached hydrogen (secondary N) is 1. The second kappa shape index (κ2) is 9.02. The lowest BCUT2D eigenvalue weighted by molar-refractivity contribution is -0.139. The van der Waals surface area contributed by atoms with Gasteiger partial charge in [-0.2, -0.15) is 0 Å². The highest BCUT2D eigenvalue weighted by Crippen LogP contribution is 2.22. The van der Waals surface area contributed by atoms with Gasteiger partial charge in [0.05, 0.1) is 0 Å². The van der Waals surface area contributed by atoms with Crippen LogP contribution in [0.15, 0.2) is 35.7 Å². The molecular formula is C14H18ClNO2S. The lowest BCUT2D eigenvalue weighted by Crippen LogP contribution is -2.29. The fourth-order valence-electron chi connectivity index (χ4n) is 1.61. The van der Waals surface area contributed by atoms with Crippen molar-refractivity contribution in [2.24, 2.45) is 0 Å². The van der Waals surface area contributed by atoms with E-state index >= 15 is 0 Å². The maximum Gasteiger partial charge on any atom is 0.325 e. The second-order valence-corrected chi connectivity index (χ2v) is 5.36. The van der Waals surface area contributed by atoms with Gasteiger partial charge in [-0.1, -0.05) is 35.9 Å². The molecule has 0 radical (unpaired) electrons. The van der Waals surface area contributed by atoms with Crippen molar-refractivity contribution in [3.05, 3.63) is 46.3 Å². The number of hydrogen-bond acceptors (Lipinski definition) is 3. The van der Waals surface area contributed by atoms with Crippen LogP contribution in [0.25, 0.3) is 0 Å². The van der Waals surface area contributed by atoms with E-state index in [0.717, 1.165) is 12.2 Å². The average molecular weight is 300 g/mol. The number of carbonyl (C=O) groups is 1. The molecule has 0 bridgehead atoms. The van der Waals surface area contributed by atoms with Crippen molar-refractivity contribution < 1.29 is 9.90 Å². The molecule has 0 fully saturated rings. The third-order valence-electron chi connectivity index (χ3n) is 2.48. The van der Waals surface area contributed by atoms with Gasteiger partial charge in [-0.05, 0) is 42.7 Å². The van der Waals surface area contributed by atoms with Crippen molar-refractivity contribution in [3.8, 4) is 0 Å². The van der Waals surface area contributed by atoms with E-state index in [2.05, 4.69) is 5.32 Å². The predicted octanol–water partition coefficient (Wildman–Crippen LogP) is 3.71. The molecule has 2 N–H and O–H groups in total. The zero-order chi connectivity index (χ0) is 14.1. The van der Waals surface area contributed by atoms with E-state index in [9.17, 15) is 9.90 Å². The zero-order valence-electron chi connectivity index (χ0n) is 10.8. The van der Waals surface area contributed by atoms with Crippen molar-refractivity contribution in [2.75, 3.05) is 12.3 Å². The molecule has 0 aromatic heterocycles. The third-order valence-corrected chi connectivity index (χ3v) is 3.82. The number of hydrogen-bond donors (Lipinski definition) is 2. The minimum Gasteiger partial charge on any atom is -0.480 e. The van der Waals surface area contributed by atoms with E-state index in [1.807, 2.05) is 18.4 Å². The fraction of sp³-hybridized carbons (Fsp3) is 0.357. The normalized spacial score (nSPS) is 12.7. The molecule has 0 aliphatic carbocycles. The Balaban J connectivity index is 2.51. The number of carboxylic acid groups (broad SMARTS) is 1. The van der Waals surface area contributed by atoms with Gasteiger partial charge < -0.3 is 10.4 Å². The predicted molar refractivity (Wildman–Crippen MR) is 81.7 cm³/mol. The number of allylic oxidation sites excluding steroid dienone is 1. The topological polar surface area (TPSA) is 49.3 Å². The summed E-state index contributed by atoms with van der Waals surface area (Å²) in [4.78, 5) is 11.3. The van der Waals surface area contributed by atoms with Gasteiger partial charge in [0.2, 0.25) is 0 Å². The van der Waals surface area contributed by atoms with Gasteiger partial charge in [-0.15, -0.1) is 11.8 Å². The summed E-state index contributed by atoms with van der Waals surface area (Å²) in [7, 11) is 0. The molecule has 5 heteroatoms. The molecule has 0 heterocycles. The standard InChI is InChI=1S/C14H18ClNO2S/c1-2-9-19-10-5-8-16-13(14(17)18)11-6-3-4-7-12(11)15/h2-4,6-7,9,13,16H,5,8,10H2,1H3,(H,17,18)/b9-2-. The van der Waals surface area contributed by atoms with Crippen LogP contribution in [0.2, 0.25) is 5.02 Å². The first-order valence-corrected chi connectivity index (χ1v) is 7.53. The van der Waals surface area contributed by atoms with Gasteiger partial charge in [0.25, 0.3) is 0 Å². The van der Waals surface area contributed by atoms with Crippen LogP contribution in [0.1, 0.15) is 24.9 Å². The maximum atomic E-state index is 11.3. The summed E-state index contributed by atoms with van der Waals surface area (Å²) in [5.41, 5.74) is 0.609. The highest BCUT2D eigenvalue weighted by atomic mass is 35.5. The molecule has 0 spiro atoms. The highest BCUT2D eigenvalue weighted by molar-refractivity contribution is 8.02. The average Bonchev–Trinajstić information content (AvgIpc) is 2.39. The van der Waals surface area contributed by atoms with Crippen molar-refractivity contribution in [1.29, 1.82) is 0 Å². The number of thioether (sulfide) groups is 1. The lowest BCUT2D eigenvalue weighted by atomic mass is 10.1. The largest absolute Gasteiger partial charge is 0.480 e. The minimum atomic E-state index is -0.908. The van der Waals surface area contributed by atoms with Crippen molar-refractivity contribution >= 4 is 29.3 Å². The maximum absolute atomic E-state index is 11.3. The summed E-state index contributed by atoms with van der Waals surface area (Å²) in [6.07, 6.45) is 2.89. The van der Waals surface area contributed by atoms with Gasteiger partial charge in [0.15, 0.2) is 0 Å². The van der Waals surface area contributed by atoms with Gasteiger partial charge in [0, 0.05) is 5.02 Å². The molecule has 104 valence electrons. The fourth-order valence-corrected chi connectivity index (χ4v) is 2.49. The number of rotatable bonds is 8. The van der Waals surface area contributed by atoms with Crippen LogP contribution in [-0.4, -0.2) is 23.4 Å². The van der Waals surface area contributed by atoms with Crippen LogP contribution >= 0.6 is 23.4 Å². The summed E-state index contributed by atoms with van der Waals surface area (Å²) in [6, 6.07) is 6.28. The molecule has 1 atom stereocenters. The van der Waals surface area contributed by atoms with E-state index in [1.165, 1.54) is 0 Å². The highest BCUT2D eigenvalue weighted by Gasteiger charge is 2.20. The van der Waals surface area contributed by atoms with Gasteiger partial charge in [0.1, 0.15) is 6.04 Å². The molecule has 0 amide bonds. The molecule has 1 aromatic rings. The van der Waals surface area contributed by atoms with Crippen LogP contribution in [0, 0.1) is 0 Å². The Morgan fingerprint density at radius 2 is 2.26 bits per heavy atom. The molecule has 19 heavy (non-hydrogen) atoms. The van der Waals surface area contributed by atoms with E-state index in [0.29, 0.717) is 17.1 Å². The minimum absolute atomic E-state index is 0.477. The molecule has 0 saturated carbocycles. The van der Waals surface area contributed by atoms with E-state index in [4.69, 9.17) is 11.6 Å². The quantitative estimate of drug-likeness (QED) is 0.718. The van der Waals surface area contributed by atoms with Crippen LogP contribution in [0.3, 0.4) is 0 Å². The Morgan fingerprint density at radius 3 is 2.89 bits per heavy atom. The Labute approximate surface area is 123 Å². The molecular weight excluding hydrogens is 282 g/mol. The van der Waals surface area contributed by atoms with Gasteiger partial charge >= 0.3 is 5.97 Å². The summed E-state index contributed by atoms with van der Waals surface area (Å²) in [5, 5.41) is 14.8. The smallest absolute Gasteiger partial charge is 0.325 e. The molecule has 0 aliphatic rings. The SMILES string of the molecule is C/C=C\SCCCNC(C(=O)O)c1ccccc1Cl. The molecule has 1 unspecified atom stereocenters. The van der Waals surface area contributed by atoms with Crippen LogP contribution in [0.5, 0.6) is 0 Å². The first kappa shape index (κ1) is 16.1. The Morgan fingerprint density at radius 1 is 1.53 bits per heavy atom. The van der Waals surface area contributed by atoms with E-state index < -0.39 is 12.0 Å². The summed E-state index contributed by atoms with van der Waals surface area (Å²) in [5.74, 6) is 0.0563. The molecule has 1 aromatic carbocycles. The number of aliphatic carboxylic acids is 1. The summed E-state index contributed by atoms with van der Waals surface area (Å²) >= 11 is 7.75. The van der Waals surface area contributed by atoms with Gasteiger partial charge in [-0.25, -0.2) is 0 Å². The molecule has 1 rings (SSSR count). The van der Waals surface area contributed by atoms with Crippen LogP contribution in [-0.2, 0) is 4.79 Å². The van der Waals surface area contributed by atoms with E-state index in [1.54, 1.807) is 36.0 Å². The Bertz CT molecular complexity index is 437. The van der Waals surface area contributed by atoms with Crippen LogP contribution < -0.4 is 5.32 Å². The molecule has 3 nitrogen and oxygen atoms in total. The first-order valence-electron chi connectivity index (χ1n) is 6.10. The monoisotopic (exact) mass is 299 g/mol. The lowest BCUT2D eigenvalue weighted by Gasteiger charge is -2.15. The number of halogens is 1. The second-order valence-electron chi connectivity index (χ2n) is 3.94. The van der Waals surface area contributed by atoms with Crippen LogP contribution in [0.4, 0.5) is 0 Å². The molecule has 0 aliphatic heterocycles. The summed E-state index contributed by atoms with van der Waals surface area (Å²) < 4.78 is 0. The Hall–Kier alpha value is -0.970. The molecule has 0 saturated heterocycles. The van der Waals surface area contributed by atoms with E-state index in [-0.39, 0.29) is 0 Å². The van der Waals surface area contributed by atoms with Gasteiger partial charge in [-0.3, -0.25) is 4.79 Å². The third kappa shape index (κ3) is 5.68. The number of benzene rings is 1. The first-order chi connectivity index (χ1) is 9.16. The van der Waals surface area contributed by atoms with Crippen molar-refractivity contribution in [1.82, 2.24) is 5.32 Å². The van der Waals surface area contributed by atoms with Crippen molar-refractivity contribution in [2.45, 2.75) is 19.4 Å². The Kier molecular flexibility index (Phi) is 7.63.